The van der Waals surface area contributed by atoms with Crippen molar-refractivity contribution < 1.29 is 0 Å². The normalized spacial score (nSPS) is 15.2. The zero-order chi connectivity index (χ0) is 25.1. The Morgan fingerprint density at radius 3 is 1.92 bits per heavy atom. The number of benzene rings is 6. The maximum Gasteiger partial charge on any atom is 0.0672 e. The van der Waals surface area contributed by atoms with Crippen molar-refractivity contribution in [2.24, 2.45) is 4.99 Å². The molecule has 1 aliphatic carbocycles. The Morgan fingerprint density at radius 1 is 0.474 bits per heavy atom. The highest BCUT2D eigenvalue weighted by molar-refractivity contribution is 6.14. The first-order valence-corrected chi connectivity index (χ1v) is 13.3. The van der Waals surface area contributed by atoms with Crippen LogP contribution >= 0.6 is 0 Å². The lowest BCUT2D eigenvalue weighted by atomic mass is 9.88. The maximum absolute atomic E-state index is 5.12. The summed E-state index contributed by atoms with van der Waals surface area (Å²) in [5.74, 6) is 0.305. The molecule has 2 aliphatic rings. The van der Waals surface area contributed by atoms with Gasteiger partial charge < -0.3 is 0 Å². The molecular weight excluding hydrogens is 458 g/mol. The zero-order valence-electron chi connectivity index (χ0n) is 20.9. The van der Waals surface area contributed by atoms with Gasteiger partial charge in [0, 0.05) is 11.5 Å². The van der Waals surface area contributed by atoms with Gasteiger partial charge in [-0.3, -0.25) is 4.99 Å². The number of rotatable bonds is 2. The Balaban J connectivity index is 1.23. The molecule has 178 valence electrons. The third-order valence-electron chi connectivity index (χ3n) is 8.19. The molecule has 0 spiro atoms. The van der Waals surface area contributed by atoms with Crippen molar-refractivity contribution in [3.8, 4) is 33.4 Å². The second-order valence-corrected chi connectivity index (χ2v) is 10.4. The number of nitrogens with zero attached hydrogens (tertiary/aromatic N) is 1. The molecule has 1 nitrogen and oxygen atoms in total. The van der Waals surface area contributed by atoms with Crippen LogP contribution in [-0.4, -0.2) is 5.71 Å². The van der Waals surface area contributed by atoms with Crippen LogP contribution in [0.25, 0.3) is 44.2 Å². The fourth-order valence-corrected chi connectivity index (χ4v) is 6.28. The predicted molar refractivity (Wildman–Crippen MR) is 159 cm³/mol. The highest BCUT2D eigenvalue weighted by Crippen LogP contribution is 2.46. The summed E-state index contributed by atoms with van der Waals surface area (Å²) >= 11 is 0. The van der Waals surface area contributed by atoms with Crippen LogP contribution in [0.4, 0.5) is 5.69 Å². The van der Waals surface area contributed by atoms with Crippen molar-refractivity contribution in [2.45, 2.75) is 12.3 Å². The Hall–Kier alpha value is -4.75. The number of hydrogen-bond acceptors (Lipinski definition) is 1. The summed E-state index contributed by atoms with van der Waals surface area (Å²) < 4.78 is 0. The first-order chi connectivity index (χ1) is 18.8. The van der Waals surface area contributed by atoms with Crippen molar-refractivity contribution in [1.29, 1.82) is 0 Å². The van der Waals surface area contributed by atoms with Gasteiger partial charge in [0.05, 0.1) is 11.4 Å². The molecule has 8 rings (SSSR count). The fraction of sp³-hybridized carbons (Fsp3) is 0.0541. The fourth-order valence-electron chi connectivity index (χ4n) is 6.28. The molecule has 1 atom stereocenters. The first-order valence-electron chi connectivity index (χ1n) is 13.3. The van der Waals surface area contributed by atoms with E-state index in [1.807, 2.05) is 0 Å². The van der Waals surface area contributed by atoms with E-state index in [9.17, 15) is 0 Å². The van der Waals surface area contributed by atoms with Crippen molar-refractivity contribution in [3.63, 3.8) is 0 Å². The molecule has 0 saturated carbocycles. The molecule has 1 aliphatic heterocycles. The second kappa shape index (κ2) is 8.39. The third kappa shape index (κ3) is 3.36. The van der Waals surface area contributed by atoms with Crippen LogP contribution in [0.2, 0.25) is 0 Å². The summed E-state index contributed by atoms with van der Waals surface area (Å²) in [6.45, 7) is 0. The Morgan fingerprint density at radius 2 is 1.11 bits per heavy atom. The minimum absolute atomic E-state index is 0.305. The Bertz CT molecular complexity index is 1890. The standard InChI is InChI=1S/C37H25N/c1-2-8-24(9-3-1)25-14-15-27-21-28(17-16-26(27)20-25)29-18-19-30-23-35-32-11-6-7-13-36(32)38-37(35)33-12-5-4-10-31(33)34(30)22-29/h1-22,35H,23H2. The average molecular weight is 484 g/mol. The van der Waals surface area contributed by atoms with E-state index in [0.717, 1.165) is 12.1 Å². The van der Waals surface area contributed by atoms with E-state index in [-0.39, 0.29) is 0 Å². The smallest absolute Gasteiger partial charge is 0.0672 e. The third-order valence-corrected chi connectivity index (χ3v) is 8.19. The van der Waals surface area contributed by atoms with E-state index >= 15 is 0 Å². The van der Waals surface area contributed by atoms with Gasteiger partial charge in [-0.05, 0) is 86.0 Å². The van der Waals surface area contributed by atoms with Crippen LogP contribution in [0.15, 0.2) is 138 Å². The van der Waals surface area contributed by atoms with Gasteiger partial charge >= 0.3 is 0 Å². The molecule has 0 bridgehead atoms. The molecule has 1 heterocycles. The van der Waals surface area contributed by atoms with Gasteiger partial charge in [0.1, 0.15) is 0 Å². The molecule has 0 N–H and O–H groups in total. The predicted octanol–water partition coefficient (Wildman–Crippen LogP) is 9.61. The lowest BCUT2D eigenvalue weighted by Gasteiger charge is -2.14. The summed E-state index contributed by atoms with van der Waals surface area (Å²) in [5, 5.41) is 2.53. The number of aliphatic imine (C=N–C) groups is 1. The van der Waals surface area contributed by atoms with Crippen molar-refractivity contribution >= 4 is 22.2 Å². The molecule has 0 fully saturated rings. The van der Waals surface area contributed by atoms with Crippen LogP contribution in [-0.2, 0) is 6.42 Å². The summed E-state index contributed by atoms with van der Waals surface area (Å²) in [4.78, 5) is 5.12. The number of fused-ring (bicyclic) bond motifs is 8. The van der Waals surface area contributed by atoms with Crippen LogP contribution in [0.3, 0.4) is 0 Å². The summed E-state index contributed by atoms with van der Waals surface area (Å²) in [7, 11) is 0. The molecule has 1 heteroatoms. The van der Waals surface area contributed by atoms with E-state index in [0.29, 0.717) is 5.92 Å². The first kappa shape index (κ1) is 21.3. The van der Waals surface area contributed by atoms with E-state index < -0.39 is 0 Å². The molecule has 0 radical (unpaired) electrons. The van der Waals surface area contributed by atoms with Gasteiger partial charge in [-0.1, -0.05) is 109 Å². The summed E-state index contributed by atoms with van der Waals surface area (Å²) in [6.07, 6.45) is 0.972. The molecular formula is C37H25N. The summed E-state index contributed by atoms with van der Waals surface area (Å²) in [5.41, 5.74) is 13.9. The topological polar surface area (TPSA) is 12.4 Å². The average Bonchev–Trinajstić information content (AvgIpc) is 3.29. The highest BCUT2D eigenvalue weighted by atomic mass is 14.8. The van der Waals surface area contributed by atoms with Crippen LogP contribution in [0.1, 0.15) is 22.6 Å². The van der Waals surface area contributed by atoms with E-state index in [2.05, 4.69) is 133 Å². The second-order valence-electron chi connectivity index (χ2n) is 10.4. The molecule has 0 amide bonds. The molecule has 1 unspecified atom stereocenters. The summed E-state index contributed by atoms with van der Waals surface area (Å²) in [6, 6.07) is 48.6. The molecule has 6 aromatic carbocycles. The van der Waals surface area contributed by atoms with Gasteiger partial charge in [0.25, 0.3) is 0 Å². The number of para-hydroxylation sites is 1. The zero-order valence-corrected chi connectivity index (χ0v) is 20.9. The van der Waals surface area contributed by atoms with Gasteiger partial charge in [0.15, 0.2) is 0 Å². The Kier molecular flexibility index (Phi) is 4.72. The van der Waals surface area contributed by atoms with E-state index in [1.54, 1.807) is 0 Å². The Labute approximate surface area is 222 Å². The van der Waals surface area contributed by atoms with Crippen molar-refractivity contribution in [3.05, 3.63) is 150 Å². The van der Waals surface area contributed by atoms with Crippen LogP contribution in [0.5, 0.6) is 0 Å². The van der Waals surface area contributed by atoms with E-state index in [1.165, 1.54) is 66.6 Å². The van der Waals surface area contributed by atoms with Gasteiger partial charge in [-0.15, -0.1) is 0 Å². The van der Waals surface area contributed by atoms with Crippen molar-refractivity contribution in [2.75, 3.05) is 0 Å². The van der Waals surface area contributed by atoms with Crippen LogP contribution in [0, 0.1) is 0 Å². The van der Waals surface area contributed by atoms with E-state index in [4.69, 9.17) is 4.99 Å². The van der Waals surface area contributed by atoms with Gasteiger partial charge in [-0.2, -0.15) is 0 Å². The minimum Gasteiger partial charge on any atom is -0.252 e. The molecule has 6 aromatic rings. The van der Waals surface area contributed by atoms with Crippen molar-refractivity contribution in [1.82, 2.24) is 0 Å². The molecule has 0 aromatic heterocycles. The molecule has 0 saturated heterocycles. The highest BCUT2D eigenvalue weighted by Gasteiger charge is 2.33. The maximum atomic E-state index is 5.12. The van der Waals surface area contributed by atoms with Gasteiger partial charge in [-0.25, -0.2) is 0 Å². The molecule has 38 heavy (non-hydrogen) atoms. The monoisotopic (exact) mass is 483 g/mol. The lowest BCUT2D eigenvalue weighted by molar-refractivity contribution is 0.905. The largest absolute Gasteiger partial charge is 0.252 e. The minimum atomic E-state index is 0.305. The lowest BCUT2D eigenvalue weighted by Crippen LogP contribution is -2.11. The number of hydrogen-bond donors (Lipinski definition) is 0. The van der Waals surface area contributed by atoms with Crippen LogP contribution < -0.4 is 0 Å². The SMILES string of the molecule is c1ccc(-c2ccc3cc(-c4ccc5c(c4)-c4ccccc4C4=Nc6ccccc6C4C5)ccc3c2)cc1. The van der Waals surface area contributed by atoms with Gasteiger partial charge in [0.2, 0.25) is 0 Å². The quantitative estimate of drug-likeness (QED) is 0.232.